The Hall–Kier alpha value is -2.53. The summed E-state index contributed by atoms with van der Waals surface area (Å²) in [5.41, 5.74) is 0.747. The van der Waals surface area contributed by atoms with E-state index >= 15 is 0 Å². The molecule has 0 radical (unpaired) electrons. The van der Waals surface area contributed by atoms with Crippen molar-refractivity contribution in [3.63, 3.8) is 0 Å². The van der Waals surface area contributed by atoms with Crippen LogP contribution in [-0.4, -0.2) is 22.2 Å². The van der Waals surface area contributed by atoms with E-state index in [0.717, 1.165) is 0 Å². The summed E-state index contributed by atoms with van der Waals surface area (Å²) < 4.78 is 0. The van der Waals surface area contributed by atoms with Crippen molar-refractivity contribution in [1.29, 1.82) is 0 Å². The number of aromatic carboxylic acids is 2. The van der Waals surface area contributed by atoms with E-state index in [1.54, 1.807) is 24.3 Å². The Labute approximate surface area is 119 Å². The van der Waals surface area contributed by atoms with Gasteiger partial charge in [0.05, 0.1) is 16.8 Å². The van der Waals surface area contributed by atoms with E-state index in [9.17, 15) is 9.59 Å². The summed E-state index contributed by atoms with van der Waals surface area (Å²) in [7, 11) is 0. The highest BCUT2D eigenvalue weighted by molar-refractivity contribution is 6.30. The van der Waals surface area contributed by atoms with Crippen LogP contribution in [0.1, 0.15) is 20.7 Å². The Morgan fingerprint density at radius 1 is 1.00 bits per heavy atom. The zero-order valence-corrected chi connectivity index (χ0v) is 10.9. The number of hydrogen-bond acceptors (Lipinski definition) is 3. The van der Waals surface area contributed by atoms with Gasteiger partial charge in [0.2, 0.25) is 0 Å². The molecule has 0 heterocycles. The van der Waals surface area contributed by atoms with Gasteiger partial charge in [0.25, 0.3) is 0 Å². The van der Waals surface area contributed by atoms with Crippen LogP contribution in [0.2, 0.25) is 5.02 Å². The number of anilines is 2. The number of carboxylic acid groups (broad SMARTS) is 2. The highest BCUT2D eigenvalue weighted by Gasteiger charge is 2.13. The number of hydrogen-bond donors (Lipinski definition) is 3. The number of carboxylic acids is 2. The van der Waals surface area contributed by atoms with Crippen LogP contribution in [0.3, 0.4) is 0 Å². The molecular formula is C14H10ClNO4. The molecule has 102 valence electrons. The van der Waals surface area contributed by atoms with Gasteiger partial charge >= 0.3 is 11.9 Å². The number of halogens is 1. The van der Waals surface area contributed by atoms with Gasteiger partial charge in [-0.2, -0.15) is 0 Å². The maximum Gasteiger partial charge on any atom is 0.337 e. The molecule has 0 saturated heterocycles. The molecule has 2 aromatic carbocycles. The van der Waals surface area contributed by atoms with Crippen molar-refractivity contribution in [2.24, 2.45) is 0 Å². The molecule has 0 aliphatic rings. The van der Waals surface area contributed by atoms with E-state index in [-0.39, 0.29) is 16.8 Å². The van der Waals surface area contributed by atoms with Crippen molar-refractivity contribution in [2.45, 2.75) is 0 Å². The van der Waals surface area contributed by atoms with Crippen LogP contribution in [-0.2, 0) is 0 Å². The van der Waals surface area contributed by atoms with Gasteiger partial charge in [-0.3, -0.25) is 0 Å². The van der Waals surface area contributed by atoms with E-state index in [0.29, 0.717) is 10.7 Å². The molecular weight excluding hydrogens is 282 g/mol. The third-order valence-electron chi connectivity index (χ3n) is 2.60. The molecule has 2 rings (SSSR count). The van der Waals surface area contributed by atoms with Crippen molar-refractivity contribution >= 4 is 34.9 Å². The van der Waals surface area contributed by atoms with Crippen LogP contribution in [0.5, 0.6) is 0 Å². The van der Waals surface area contributed by atoms with E-state index in [1.165, 1.54) is 18.2 Å². The van der Waals surface area contributed by atoms with E-state index in [4.69, 9.17) is 21.8 Å². The molecule has 3 N–H and O–H groups in total. The second-order valence-electron chi connectivity index (χ2n) is 4.01. The van der Waals surface area contributed by atoms with Crippen molar-refractivity contribution < 1.29 is 19.8 Å². The minimum atomic E-state index is -1.15. The fourth-order valence-corrected chi connectivity index (χ4v) is 1.88. The standard InChI is InChI=1S/C14H10ClNO4/c15-9-2-1-3-10(7-9)16-12-6-8(13(17)18)4-5-11(12)14(19)20/h1-7,16H,(H,17,18)(H,19,20). The lowest BCUT2D eigenvalue weighted by atomic mass is 10.1. The smallest absolute Gasteiger partial charge is 0.337 e. The highest BCUT2D eigenvalue weighted by atomic mass is 35.5. The second-order valence-corrected chi connectivity index (χ2v) is 4.44. The molecule has 0 aliphatic heterocycles. The van der Waals surface area contributed by atoms with Crippen molar-refractivity contribution in [3.05, 3.63) is 58.6 Å². The summed E-state index contributed by atoms with van der Waals surface area (Å²) in [6.07, 6.45) is 0. The van der Waals surface area contributed by atoms with Crippen molar-refractivity contribution in [2.75, 3.05) is 5.32 Å². The molecule has 0 amide bonds. The molecule has 20 heavy (non-hydrogen) atoms. The van der Waals surface area contributed by atoms with Gasteiger partial charge in [-0.1, -0.05) is 17.7 Å². The largest absolute Gasteiger partial charge is 0.478 e. The minimum Gasteiger partial charge on any atom is -0.478 e. The first kappa shape index (κ1) is 13.9. The summed E-state index contributed by atoms with van der Waals surface area (Å²) in [6, 6.07) is 10.5. The predicted octanol–water partition coefficient (Wildman–Crippen LogP) is 3.48. The lowest BCUT2D eigenvalue weighted by Crippen LogP contribution is -2.05. The van der Waals surface area contributed by atoms with Gasteiger partial charge in [0.15, 0.2) is 0 Å². The maximum absolute atomic E-state index is 11.1. The Bertz CT molecular complexity index is 685. The second kappa shape index (κ2) is 5.63. The minimum absolute atomic E-state index is 0.000437. The van der Waals surface area contributed by atoms with Crippen LogP contribution in [0.4, 0.5) is 11.4 Å². The summed E-state index contributed by atoms with van der Waals surface area (Å²) in [4.78, 5) is 22.1. The summed E-state index contributed by atoms with van der Waals surface area (Å²) >= 11 is 5.84. The fourth-order valence-electron chi connectivity index (χ4n) is 1.69. The van der Waals surface area contributed by atoms with Crippen LogP contribution >= 0.6 is 11.6 Å². The normalized spacial score (nSPS) is 10.1. The van der Waals surface area contributed by atoms with Gasteiger partial charge in [-0.15, -0.1) is 0 Å². The first-order valence-electron chi connectivity index (χ1n) is 5.60. The van der Waals surface area contributed by atoms with Crippen LogP contribution < -0.4 is 5.32 Å². The van der Waals surface area contributed by atoms with Crippen LogP contribution in [0, 0.1) is 0 Å². The summed E-state index contributed by atoms with van der Waals surface area (Å²) in [5.74, 6) is -2.28. The first-order chi connectivity index (χ1) is 9.47. The Morgan fingerprint density at radius 2 is 1.75 bits per heavy atom. The quantitative estimate of drug-likeness (QED) is 0.803. The zero-order valence-electron chi connectivity index (χ0n) is 10.1. The monoisotopic (exact) mass is 291 g/mol. The average Bonchev–Trinajstić information content (AvgIpc) is 2.38. The molecule has 0 unspecified atom stereocenters. The lowest BCUT2D eigenvalue weighted by Gasteiger charge is -2.10. The number of carbonyl (C=O) groups is 2. The number of rotatable bonds is 4. The fraction of sp³-hybridized carbons (Fsp3) is 0. The number of benzene rings is 2. The molecule has 0 fully saturated rings. The van der Waals surface area contributed by atoms with Gasteiger partial charge in [0, 0.05) is 10.7 Å². The average molecular weight is 292 g/mol. The van der Waals surface area contributed by atoms with Gasteiger partial charge in [-0.25, -0.2) is 9.59 Å². The molecule has 0 saturated carbocycles. The molecule has 2 aromatic rings. The third-order valence-corrected chi connectivity index (χ3v) is 2.84. The van der Waals surface area contributed by atoms with Crippen LogP contribution in [0.15, 0.2) is 42.5 Å². The Morgan fingerprint density at radius 3 is 2.35 bits per heavy atom. The predicted molar refractivity (Wildman–Crippen MR) is 75.1 cm³/mol. The highest BCUT2D eigenvalue weighted by Crippen LogP contribution is 2.24. The third kappa shape index (κ3) is 3.07. The molecule has 0 spiro atoms. The Balaban J connectivity index is 2.44. The SMILES string of the molecule is O=C(O)c1ccc(C(=O)O)c(Nc2cccc(Cl)c2)c1. The first-order valence-corrected chi connectivity index (χ1v) is 5.98. The van der Waals surface area contributed by atoms with Crippen molar-refractivity contribution in [3.8, 4) is 0 Å². The maximum atomic E-state index is 11.1. The summed E-state index contributed by atoms with van der Waals surface area (Å²) in [5, 5.41) is 21.4. The molecule has 0 aliphatic carbocycles. The zero-order chi connectivity index (χ0) is 14.7. The molecule has 0 aromatic heterocycles. The number of nitrogens with one attached hydrogen (secondary N) is 1. The van der Waals surface area contributed by atoms with Crippen molar-refractivity contribution in [1.82, 2.24) is 0 Å². The van der Waals surface area contributed by atoms with E-state index in [1.807, 2.05) is 0 Å². The molecule has 6 heteroatoms. The topological polar surface area (TPSA) is 86.6 Å². The van der Waals surface area contributed by atoms with Crippen LogP contribution in [0.25, 0.3) is 0 Å². The van der Waals surface area contributed by atoms with E-state index in [2.05, 4.69) is 5.32 Å². The lowest BCUT2D eigenvalue weighted by molar-refractivity contribution is 0.0682. The Kier molecular flexibility index (Phi) is 3.91. The van der Waals surface area contributed by atoms with Gasteiger partial charge < -0.3 is 15.5 Å². The summed E-state index contributed by atoms with van der Waals surface area (Å²) in [6.45, 7) is 0. The van der Waals surface area contributed by atoms with Gasteiger partial charge in [-0.05, 0) is 36.4 Å². The van der Waals surface area contributed by atoms with E-state index < -0.39 is 11.9 Å². The molecule has 0 atom stereocenters. The molecule has 5 nitrogen and oxygen atoms in total. The van der Waals surface area contributed by atoms with Gasteiger partial charge in [0.1, 0.15) is 0 Å². The molecule has 0 bridgehead atoms.